The first-order valence-electron chi connectivity index (χ1n) is 9.26. The minimum absolute atomic E-state index is 0.0488. The van der Waals surface area contributed by atoms with Crippen LogP contribution in [0.25, 0.3) is 0 Å². The van der Waals surface area contributed by atoms with Gasteiger partial charge in [-0.2, -0.15) is 0 Å². The van der Waals surface area contributed by atoms with Crippen molar-refractivity contribution in [3.8, 4) is 5.75 Å². The summed E-state index contributed by atoms with van der Waals surface area (Å²) >= 11 is 0. The zero-order valence-corrected chi connectivity index (χ0v) is 15.2. The molecular weight excluding hydrogens is 337 g/mol. The number of nitrogens with one attached hydrogen (secondary N) is 1. The third-order valence-corrected chi connectivity index (χ3v) is 5.18. The van der Waals surface area contributed by atoms with Gasteiger partial charge in [0.05, 0.1) is 12.7 Å². The zero-order valence-electron chi connectivity index (χ0n) is 15.2. The lowest BCUT2D eigenvalue weighted by Gasteiger charge is -2.36. The summed E-state index contributed by atoms with van der Waals surface area (Å²) < 4.78 is 18.7. The van der Waals surface area contributed by atoms with E-state index in [1.54, 1.807) is 9.80 Å². The summed E-state index contributed by atoms with van der Waals surface area (Å²) in [5, 5.41) is 3.10. The first-order chi connectivity index (χ1) is 12.6. The Balaban J connectivity index is 1.55. The molecule has 1 heterocycles. The molecule has 1 N–H and O–H groups in total. The molecule has 142 valence electrons. The van der Waals surface area contributed by atoms with Crippen LogP contribution in [0.1, 0.15) is 42.5 Å². The summed E-state index contributed by atoms with van der Waals surface area (Å²) in [4.78, 5) is 28.5. The summed E-state index contributed by atoms with van der Waals surface area (Å²) in [7, 11) is 1.46. The molecule has 2 fully saturated rings. The monoisotopic (exact) mass is 363 g/mol. The van der Waals surface area contributed by atoms with Gasteiger partial charge < -0.3 is 19.9 Å². The highest BCUT2D eigenvalue weighted by Crippen LogP contribution is 2.22. The molecule has 1 aliphatic carbocycles. The second-order valence-corrected chi connectivity index (χ2v) is 6.91. The van der Waals surface area contributed by atoms with E-state index in [0.29, 0.717) is 31.9 Å². The molecule has 1 aromatic carbocycles. The molecule has 1 saturated heterocycles. The van der Waals surface area contributed by atoms with Crippen molar-refractivity contribution in [1.82, 2.24) is 15.1 Å². The molecule has 0 aromatic heterocycles. The number of ether oxygens (including phenoxy) is 1. The lowest BCUT2D eigenvalue weighted by Crippen LogP contribution is -2.54. The van der Waals surface area contributed by atoms with Crippen LogP contribution in [0.3, 0.4) is 0 Å². The van der Waals surface area contributed by atoms with Gasteiger partial charge in [0.2, 0.25) is 0 Å². The molecule has 0 bridgehead atoms. The molecule has 1 aliphatic heterocycles. The lowest BCUT2D eigenvalue weighted by molar-refractivity contribution is 0.0658. The number of hydrogen-bond donors (Lipinski definition) is 1. The number of hydrogen-bond acceptors (Lipinski definition) is 3. The third-order valence-electron chi connectivity index (χ3n) is 5.18. The second kappa shape index (κ2) is 8.38. The Morgan fingerprint density at radius 3 is 2.38 bits per heavy atom. The molecule has 3 rings (SSSR count). The highest BCUT2D eigenvalue weighted by atomic mass is 19.1. The van der Waals surface area contributed by atoms with Crippen LogP contribution in [0.15, 0.2) is 18.2 Å². The van der Waals surface area contributed by atoms with Gasteiger partial charge in [0, 0.05) is 32.2 Å². The van der Waals surface area contributed by atoms with Gasteiger partial charge in [0.25, 0.3) is 5.91 Å². The van der Waals surface area contributed by atoms with Crippen LogP contribution >= 0.6 is 0 Å². The number of urea groups is 1. The van der Waals surface area contributed by atoms with E-state index in [1.165, 1.54) is 44.6 Å². The fraction of sp³-hybridized carbons (Fsp3) is 0.579. The number of methoxy groups -OCH3 is 1. The molecule has 0 atom stereocenters. The van der Waals surface area contributed by atoms with Crippen LogP contribution in [0.2, 0.25) is 0 Å². The first-order valence-corrected chi connectivity index (χ1v) is 9.26. The Morgan fingerprint density at radius 1 is 1.08 bits per heavy atom. The highest BCUT2D eigenvalue weighted by molar-refractivity contribution is 5.97. The Kier molecular flexibility index (Phi) is 5.96. The summed E-state index contributed by atoms with van der Waals surface area (Å²) in [5.41, 5.74) is 0.215. The molecular formula is C19H26FN3O3. The third kappa shape index (κ3) is 4.26. The number of carbonyl (C=O) groups is 2. The number of nitrogens with zero attached hydrogens (tertiary/aromatic N) is 2. The quantitative estimate of drug-likeness (QED) is 0.898. The van der Waals surface area contributed by atoms with Gasteiger partial charge in [-0.15, -0.1) is 0 Å². The molecule has 3 amide bonds. The van der Waals surface area contributed by atoms with Crippen LogP contribution in [-0.2, 0) is 0 Å². The molecule has 7 heteroatoms. The minimum atomic E-state index is -0.473. The Labute approximate surface area is 153 Å². The van der Waals surface area contributed by atoms with Crippen LogP contribution in [0.5, 0.6) is 5.75 Å². The van der Waals surface area contributed by atoms with Crippen LogP contribution < -0.4 is 10.1 Å². The van der Waals surface area contributed by atoms with Crippen molar-refractivity contribution in [1.29, 1.82) is 0 Å². The van der Waals surface area contributed by atoms with E-state index in [1.807, 2.05) is 0 Å². The Bertz CT molecular complexity index is 653. The number of benzene rings is 1. The van der Waals surface area contributed by atoms with Gasteiger partial charge in [-0.1, -0.05) is 19.3 Å². The topological polar surface area (TPSA) is 61.9 Å². The highest BCUT2D eigenvalue weighted by Gasteiger charge is 2.27. The van der Waals surface area contributed by atoms with Gasteiger partial charge in [0.1, 0.15) is 11.6 Å². The van der Waals surface area contributed by atoms with Gasteiger partial charge >= 0.3 is 6.03 Å². The Morgan fingerprint density at radius 2 is 1.73 bits per heavy atom. The molecule has 1 aromatic rings. The van der Waals surface area contributed by atoms with Gasteiger partial charge in [-0.3, -0.25) is 4.79 Å². The smallest absolute Gasteiger partial charge is 0.317 e. The van der Waals surface area contributed by atoms with Gasteiger partial charge in [-0.05, 0) is 31.0 Å². The normalized spacial score (nSPS) is 18.5. The maximum Gasteiger partial charge on any atom is 0.317 e. The van der Waals surface area contributed by atoms with Gasteiger partial charge in [-0.25, -0.2) is 9.18 Å². The van der Waals surface area contributed by atoms with Crippen LogP contribution in [0.4, 0.5) is 9.18 Å². The number of piperazine rings is 1. The summed E-state index contributed by atoms with van der Waals surface area (Å²) in [6, 6.07) is 4.14. The molecule has 6 nitrogen and oxygen atoms in total. The van der Waals surface area contributed by atoms with Crippen LogP contribution in [-0.4, -0.2) is 61.1 Å². The summed E-state index contributed by atoms with van der Waals surface area (Å²) in [5.74, 6) is -0.387. The Hall–Kier alpha value is -2.31. The molecule has 26 heavy (non-hydrogen) atoms. The van der Waals surface area contributed by atoms with Crippen LogP contribution in [0, 0.1) is 5.82 Å². The lowest BCUT2D eigenvalue weighted by atomic mass is 9.96. The first kappa shape index (κ1) is 18.5. The fourth-order valence-corrected chi connectivity index (χ4v) is 3.64. The predicted molar refractivity (Wildman–Crippen MR) is 95.8 cm³/mol. The van der Waals surface area contributed by atoms with E-state index in [9.17, 15) is 14.0 Å². The van der Waals surface area contributed by atoms with Crippen molar-refractivity contribution in [3.05, 3.63) is 29.6 Å². The number of amides is 3. The van der Waals surface area contributed by atoms with Crippen molar-refractivity contribution in [3.63, 3.8) is 0 Å². The molecule has 0 unspecified atom stereocenters. The van der Waals surface area contributed by atoms with E-state index >= 15 is 0 Å². The van der Waals surface area contributed by atoms with Crippen molar-refractivity contribution in [2.75, 3.05) is 33.3 Å². The van der Waals surface area contributed by atoms with Crippen molar-refractivity contribution >= 4 is 11.9 Å². The molecule has 2 aliphatic rings. The average molecular weight is 363 g/mol. The summed E-state index contributed by atoms with van der Waals surface area (Å²) in [6.45, 7) is 1.80. The number of carbonyl (C=O) groups excluding carboxylic acids is 2. The maximum absolute atomic E-state index is 13.5. The molecule has 0 radical (unpaired) electrons. The minimum Gasteiger partial charge on any atom is -0.496 e. The summed E-state index contributed by atoms with van der Waals surface area (Å²) in [6.07, 6.45) is 5.68. The zero-order chi connectivity index (χ0) is 18.5. The standard InChI is InChI=1S/C19H26FN3O3/c1-26-17-8-7-14(20)13-16(17)18(24)22-9-11-23(12-10-22)19(25)21-15-5-3-2-4-6-15/h7-8,13,15H,2-6,9-12H2,1H3,(H,21,25). The van der Waals surface area contributed by atoms with E-state index in [-0.39, 0.29) is 23.5 Å². The van der Waals surface area contributed by atoms with Gasteiger partial charge in [0.15, 0.2) is 0 Å². The SMILES string of the molecule is COc1ccc(F)cc1C(=O)N1CCN(C(=O)NC2CCCCC2)CC1. The van der Waals surface area contributed by atoms with E-state index < -0.39 is 5.82 Å². The van der Waals surface area contributed by atoms with E-state index in [2.05, 4.69) is 5.32 Å². The average Bonchev–Trinajstić information content (AvgIpc) is 2.68. The second-order valence-electron chi connectivity index (χ2n) is 6.91. The van der Waals surface area contributed by atoms with Crippen molar-refractivity contribution in [2.45, 2.75) is 38.1 Å². The van der Waals surface area contributed by atoms with E-state index in [4.69, 9.17) is 4.74 Å². The number of rotatable bonds is 3. The van der Waals surface area contributed by atoms with E-state index in [0.717, 1.165) is 12.8 Å². The maximum atomic E-state index is 13.5. The molecule has 0 spiro atoms. The predicted octanol–water partition coefficient (Wildman–Crippen LogP) is 2.63. The largest absolute Gasteiger partial charge is 0.496 e. The van der Waals surface area contributed by atoms with Crippen molar-refractivity contribution in [2.24, 2.45) is 0 Å². The fourth-order valence-electron chi connectivity index (χ4n) is 3.64. The number of halogens is 1. The van der Waals surface area contributed by atoms with Crippen molar-refractivity contribution < 1.29 is 18.7 Å². The molecule has 1 saturated carbocycles.